The van der Waals surface area contributed by atoms with Gasteiger partial charge in [0.25, 0.3) is 0 Å². The van der Waals surface area contributed by atoms with Crippen molar-refractivity contribution >= 4 is 5.97 Å². The fourth-order valence-corrected chi connectivity index (χ4v) is 1.89. The van der Waals surface area contributed by atoms with Crippen LogP contribution in [0.4, 0.5) is 0 Å². The monoisotopic (exact) mass is 170 g/mol. The number of unbranched alkanes of at least 4 members (excludes halogenated alkanes) is 2. The van der Waals surface area contributed by atoms with Gasteiger partial charge in [0.05, 0.1) is 5.41 Å². The second-order valence-electron chi connectivity index (χ2n) is 3.90. The minimum Gasteiger partial charge on any atom is -0.481 e. The molecule has 70 valence electrons. The van der Waals surface area contributed by atoms with E-state index in [1.807, 2.05) is 0 Å². The molecule has 2 heteroatoms. The first-order valence-corrected chi connectivity index (χ1v) is 4.95. The molecular formula is C10H18O2. The standard InChI is InChI=1S/C10H18O2/c1-2-3-4-6-10(9(11)12)7-5-8-10/h2-8H2,1H3,(H,11,12). The lowest BCUT2D eigenvalue weighted by molar-refractivity contribution is -0.155. The molecule has 0 bridgehead atoms. The Labute approximate surface area is 74.0 Å². The smallest absolute Gasteiger partial charge is 0.309 e. The third-order valence-electron chi connectivity index (χ3n) is 3.02. The van der Waals surface area contributed by atoms with E-state index in [1.165, 1.54) is 12.8 Å². The Morgan fingerprint density at radius 2 is 2.08 bits per heavy atom. The van der Waals surface area contributed by atoms with Gasteiger partial charge in [-0.25, -0.2) is 0 Å². The van der Waals surface area contributed by atoms with E-state index in [1.54, 1.807) is 0 Å². The van der Waals surface area contributed by atoms with Crippen LogP contribution in [0.1, 0.15) is 51.9 Å². The van der Waals surface area contributed by atoms with E-state index in [2.05, 4.69) is 6.92 Å². The van der Waals surface area contributed by atoms with E-state index in [0.29, 0.717) is 0 Å². The van der Waals surface area contributed by atoms with Crippen molar-refractivity contribution in [3.05, 3.63) is 0 Å². The maximum absolute atomic E-state index is 10.9. The van der Waals surface area contributed by atoms with Gasteiger partial charge in [-0.2, -0.15) is 0 Å². The van der Waals surface area contributed by atoms with Crippen molar-refractivity contribution in [2.24, 2.45) is 5.41 Å². The van der Waals surface area contributed by atoms with Crippen molar-refractivity contribution in [2.75, 3.05) is 0 Å². The Balaban J connectivity index is 2.30. The van der Waals surface area contributed by atoms with Gasteiger partial charge in [-0.3, -0.25) is 4.79 Å². The van der Waals surface area contributed by atoms with Crippen LogP contribution in [0.5, 0.6) is 0 Å². The highest BCUT2D eigenvalue weighted by Gasteiger charge is 2.43. The molecule has 1 saturated carbocycles. The molecule has 2 nitrogen and oxygen atoms in total. The SMILES string of the molecule is CCCCCC1(C(=O)O)CCC1. The van der Waals surface area contributed by atoms with Crippen LogP contribution >= 0.6 is 0 Å². The van der Waals surface area contributed by atoms with Gasteiger partial charge < -0.3 is 5.11 Å². The van der Waals surface area contributed by atoms with E-state index in [-0.39, 0.29) is 5.41 Å². The molecule has 0 aromatic carbocycles. The Morgan fingerprint density at radius 3 is 2.42 bits per heavy atom. The molecule has 1 rings (SSSR count). The molecular weight excluding hydrogens is 152 g/mol. The molecule has 0 spiro atoms. The first-order valence-electron chi connectivity index (χ1n) is 4.95. The van der Waals surface area contributed by atoms with E-state index in [9.17, 15) is 4.79 Å². The Hall–Kier alpha value is -0.530. The highest BCUT2D eigenvalue weighted by atomic mass is 16.4. The second kappa shape index (κ2) is 3.92. The van der Waals surface area contributed by atoms with Gasteiger partial charge in [-0.1, -0.05) is 32.6 Å². The minimum absolute atomic E-state index is 0.310. The zero-order valence-corrected chi connectivity index (χ0v) is 7.81. The molecule has 0 heterocycles. The van der Waals surface area contributed by atoms with Gasteiger partial charge in [0.1, 0.15) is 0 Å². The third-order valence-corrected chi connectivity index (χ3v) is 3.02. The number of carboxylic acid groups (broad SMARTS) is 1. The van der Waals surface area contributed by atoms with Gasteiger partial charge >= 0.3 is 5.97 Å². The average molecular weight is 170 g/mol. The molecule has 0 atom stereocenters. The molecule has 1 aliphatic carbocycles. The first kappa shape index (κ1) is 9.56. The molecule has 0 amide bonds. The van der Waals surface area contributed by atoms with Crippen LogP contribution in [0, 0.1) is 5.41 Å². The lowest BCUT2D eigenvalue weighted by Crippen LogP contribution is -2.37. The van der Waals surface area contributed by atoms with Gasteiger partial charge in [-0.15, -0.1) is 0 Å². The molecule has 1 fully saturated rings. The molecule has 12 heavy (non-hydrogen) atoms. The van der Waals surface area contributed by atoms with Crippen molar-refractivity contribution in [1.29, 1.82) is 0 Å². The zero-order valence-electron chi connectivity index (χ0n) is 7.81. The molecule has 0 radical (unpaired) electrons. The maximum Gasteiger partial charge on any atom is 0.309 e. The number of aliphatic carboxylic acids is 1. The van der Waals surface area contributed by atoms with Crippen molar-refractivity contribution in [1.82, 2.24) is 0 Å². The number of rotatable bonds is 5. The van der Waals surface area contributed by atoms with Crippen molar-refractivity contribution in [3.63, 3.8) is 0 Å². The van der Waals surface area contributed by atoms with Crippen molar-refractivity contribution in [3.8, 4) is 0 Å². The summed E-state index contributed by atoms with van der Waals surface area (Å²) in [5, 5.41) is 8.98. The van der Waals surface area contributed by atoms with Crippen molar-refractivity contribution in [2.45, 2.75) is 51.9 Å². The third kappa shape index (κ3) is 1.79. The predicted octanol–water partition coefficient (Wildman–Crippen LogP) is 2.82. The molecule has 1 N–H and O–H groups in total. The summed E-state index contributed by atoms with van der Waals surface area (Å²) < 4.78 is 0. The summed E-state index contributed by atoms with van der Waals surface area (Å²) in [4.78, 5) is 10.9. The number of hydrogen-bond acceptors (Lipinski definition) is 1. The van der Waals surface area contributed by atoms with Gasteiger partial charge in [-0.05, 0) is 19.3 Å². The maximum atomic E-state index is 10.9. The Morgan fingerprint density at radius 1 is 1.42 bits per heavy atom. The van der Waals surface area contributed by atoms with Crippen LogP contribution < -0.4 is 0 Å². The van der Waals surface area contributed by atoms with Crippen LogP contribution in [0.3, 0.4) is 0 Å². The van der Waals surface area contributed by atoms with Crippen LogP contribution in [-0.2, 0) is 4.79 Å². The second-order valence-corrected chi connectivity index (χ2v) is 3.90. The Kier molecular flexibility index (Phi) is 3.12. The average Bonchev–Trinajstić information content (AvgIpc) is 1.94. The molecule has 0 aliphatic heterocycles. The highest BCUT2D eigenvalue weighted by Crippen LogP contribution is 2.45. The lowest BCUT2D eigenvalue weighted by Gasteiger charge is -2.37. The fourth-order valence-electron chi connectivity index (χ4n) is 1.89. The quantitative estimate of drug-likeness (QED) is 0.644. The zero-order chi connectivity index (χ0) is 9.03. The summed E-state index contributed by atoms with van der Waals surface area (Å²) in [6.45, 7) is 2.15. The van der Waals surface area contributed by atoms with E-state index >= 15 is 0 Å². The number of hydrogen-bond donors (Lipinski definition) is 1. The van der Waals surface area contributed by atoms with E-state index in [0.717, 1.165) is 32.1 Å². The van der Waals surface area contributed by atoms with Crippen LogP contribution in [-0.4, -0.2) is 11.1 Å². The summed E-state index contributed by atoms with van der Waals surface area (Å²) in [6, 6.07) is 0. The summed E-state index contributed by atoms with van der Waals surface area (Å²) in [7, 11) is 0. The topological polar surface area (TPSA) is 37.3 Å². The molecule has 0 aromatic rings. The summed E-state index contributed by atoms with van der Waals surface area (Å²) in [5.74, 6) is -0.565. The summed E-state index contributed by atoms with van der Waals surface area (Å²) >= 11 is 0. The molecule has 1 aliphatic rings. The highest BCUT2D eigenvalue weighted by molar-refractivity contribution is 5.75. The van der Waals surface area contributed by atoms with Gasteiger partial charge in [0.15, 0.2) is 0 Å². The molecule has 0 saturated heterocycles. The van der Waals surface area contributed by atoms with Crippen LogP contribution in [0.25, 0.3) is 0 Å². The van der Waals surface area contributed by atoms with Crippen LogP contribution in [0.2, 0.25) is 0 Å². The van der Waals surface area contributed by atoms with E-state index in [4.69, 9.17) is 5.11 Å². The first-order chi connectivity index (χ1) is 5.71. The van der Waals surface area contributed by atoms with Gasteiger partial charge in [0, 0.05) is 0 Å². The number of carbonyl (C=O) groups is 1. The summed E-state index contributed by atoms with van der Waals surface area (Å²) in [5.41, 5.74) is -0.310. The molecule has 0 aromatic heterocycles. The lowest BCUT2D eigenvalue weighted by atomic mass is 9.66. The molecule has 0 unspecified atom stereocenters. The Bertz CT molecular complexity index is 159. The number of carboxylic acids is 1. The normalized spacial score (nSPS) is 20.1. The van der Waals surface area contributed by atoms with Gasteiger partial charge in [0.2, 0.25) is 0 Å². The minimum atomic E-state index is -0.565. The van der Waals surface area contributed by atoms with Crippen molar-refractivity contribution < 1.29 is 9.90 Å². The predicted molar refractivity (Wildman–Crippen MR) is 48.1 cm³/mol. The fraction of sp³-hybridized carbons (Fsp3) is 0.900. The summed E-state index contributed by atoms with van der Waals surface area (Å²) in [6.07, 6.45) is 7.26. The van der Waals surface area contributed by atoms with Crippen LogP contribution in [0.15, 0.2) is 0 Å². The van der Waals surface area contributed by atoms with E-state index < -0.39 is 5.97 Å². The largest absolute Gasteiger partial charge is 0.481 e.